The Balaban J connectivity index is 1.59. The number of thiophene rings is 1. The van der Waals surface area contributed by atoms with Crippen molar-refractivity contribution in [2.75, 3.05) is 14.1 Å². The zero-order valence-corrected chi connectivity index (χ0v) is 18.1. The van der Waals surface area contributed by atoms with E-state index in [0.717, 1.165) is 25.6 Å². The Morgan fingerprint density at radius 2 is 1.93 bits per heavy atom. The number of nitrogens with zero attached hydrogens (tertiary/aromatic N) is 2. The first kappa shape index (κ1) is 19.7. The van der Waals surface area contributed by atoms with Crippen LogP contribution in [0.25, 0.3) is 9.88 Å². The number of benzene rings is 1. The molecule has 0 saturated heterocycles. The van der Waals surface area contributed by atoms with Gasteiger partial charge in [0.2, 0.25) is 5.91 Å². The van der Waals surface area contributed by atoms with Crippen LogP contribution in [0.15, 0.2) is 45.6 Å². The molecule has 3 aromatic rings. The van der Waals surface area contributed by atoms with E-state index < -0.39 is 0 Å². The number of likely N-dealkylation sites (N-methyl/N-ethyl adjacent to an activating group) is 1. The van der Waals surface area contributed by atoms with Crippen molar-refractivity contribution in [3.63, 3.8) is 0 Å². The summed E-state index contributed by atoms with van der Waals surface area (Å²) in [5.41, 5.74) is 2.36. The lowest BCUT2D eigenvalue weighted by molar-refractivity contribution is -0.129. The molecule has 2 heterocycles. The van der Waals surface area contributed by atoms with Gasteiger partial charge in [0.15, 0.2) is 0 Å². The molecule has 2 amide bonds. The van der Waals surface area contributed by atoms with E-state index in [1.54, 1.807) is 53.8 Å². The standard InChI is InChI=1S/C19H18BrN3O2S2/c1-21-18(25)13-5-3-12(4-6-13)9-23(2)17(24)8-15-11-27-19(22-15)16-7-14(20)10-26-16/h3-7,10-11H,8-9H2,1-2H3,(H,21,25). The molecule has 2 aromatic heterocycles. The number of carbonyl (C=O) groups excluding carboxylic acids is 2. The van der Waals surface area contributed by atoms with E-state index in [2.05, 4.69) is 26.2 Å². The van der Waals surface area contributed by atoms with E-state index in [4.69, 9.17) is 0 Å². The summed E-state index contributed by atoms with van der Waals surface area (Å²) in [5.74, 6) is -0.113. The summed E-state index contributed by atoms with van der Waals surface area (Å²) in [5, 5.41) is 7.48. The molecule has 0 aliphatic carbocycles. The SMILES string of the molecule is CNC(=O)c1ccc(CN(C)C(=O)Cc2csc(-c3cc(Br)cs3)n2)cc1. The Morgan fingerprint density at radius 1 is 1.19 bits per heavy atom. The third-order valence-electron chi connectivity index (χ3n) is 3.95. The van der Waals surface area contributed by atoms with Crippen LogP contribution in [0.5, 0.6) is 0 Å². The highest BCUT2D eigenvalue weighted by molar-refractivity contribution is 9.10. The summed E-state index contributed by atoms with van der Waals surface area (Å²) in [4.78, 5) is 31.4. The van der Waals surface area contributed by atoms with Crippen molar-refractivity contribution < 1.29 is 9.59 Å². The minimum atomic E-state index is -0.122. The molecule has 0 saturated carbocycles. The van der Waals surface area contributed by atoms with Crippen LogP contribution < -0.4 is 5.32 Å². The van der Waals surface area contributed by atoms with E-state index >= 15 is 0 Å². The third kappa shape index (κ3) is 5.03. The number of aromatic nitrogens is 1. The molecule has 140 valence electrons. The minimum Gasteiger partial charge on any atom is -0.355 e. The van der Waals surface area contributed by atoms with Crippen LogP contribution in [0.3, 0.4) is 0 Å². The number of amides is 2. The van der Waals surface area contributed by atoms with E-state index in [1.807, 2.05) is 29.0 Å². The average Bonchev–Trinajstić information content (AvgIpc) is 3.30. The van der Waals surface area contributed by atoms with Crippen LogP contribution in [-0.2, 0) is 17.8 Å². The van der Waals surface area contributed by atoms with Crippen LogP contribution in [0, 0.1) is 0 Å². The summed E-state index contributed by atoms with van der Waals surface area (Å²) < 4.78 is 1.04. The maximum Gasteiger partial charge on any atom is 0.251 e. The van der Waals surface area contributed by atoms with Gasteiger partial charge in [-0.1, -0.05) is 12.1 Å². The highest BCUT2D eigenvalue weighted by Crippen LogP contribution is 2.32. The van der Waals surface area contributed by atoms with Crippen LogP contribution in [0.2, 0.25) is 0 Å². The predicted molar refractivity (Wildman–Crippen MR) is 113 cm³/mol. The Morgan fingerprint density at radius 3 is 2.56 bits per heavy atom. The van der Waals surface area contributed by atoms with Gasteiger partial charge in [-0.15, -0.1) is 22.7 Å². The summed E-state index contributed by atoms with van der Waals surface area (Å²) in [6.07, 6.45) is 0.274. The molecule has 27 heavy (non-hydrogen) atoms. The van der Waals surface area contributed by atoms with Gasteiger partial charge in [0, 0.05) is 41.4 Å². The largest absolute Gasteiger partial charge is 0.355 e. The van der Waals surface area contributed by atoms with Gasteiger partial charge in [-0.2, -0.15) is 0 Å². The second-order valence-electron chi connectivity index (χ2n) is 5.98. The zero-order chi connectivity index (χ0) is 19.4. The van der Waals surface area contributed by atoms with Crippen molar-refractivity contribution in [2.24, 2.45) is 0 Å². The molecule has 0 aliphatic heterocycles. The molecular weight excluding hydrogens is 446 g/mol. The fourth-order valence-electron chi connectivity index (χ4n) is 2.48. The first-order chi connectivity index (χ1) is 13.0. The second kappa shape index (κ2) is 8.77. The highest BCUT2D eigenvalue weighted by atomic mass is 79.9. The summed E-state index contributed by atoms with van der Waals surface area (Å²) in [7, 11) is 3.38. The zero-order valence-electron chi connectivity index (χ0n) is 14.9. The molecule has 0 unspecified atom stereocenters. The highest BCUT2D eigenvalue weighted by Gasteiger charge is 2.14. The molecule has 0 spiro atoms. The van der Waals surface area contributed by atoms with Crippen molar-refractivity contribution in [1.82, 2.24) is 15.2 Å². The van der Waals surface area contributed by atoms with Crippen LogP contribution >= 0.6 is 38.6 Å². The Labute approximate surface area is 174 Å². The van der Waals surface area contributed by atoms with Gasteiger partial charge in [0.25, 0.3) is 5.91 Å². The van der Waals surface area contributed by atoms with Crippen LogP contribution in [0.4, 0.5) is 0 Å². The monoisotopic (exact) mass is 463 g/mol. The molecule has 0 radical (unpaired) electrons. The fourth-order valence-corrected chi connectivity index (χ4v) is 4.81. The molecule has 1 aromatic carbocycles. The second-order valence-corrected chi connectivity index (χ2v) is 8.66. The molecule has 0 aliphatic rings. The van der Waals surface area contributed by atoms with Crippen molar-refractivity contribution in [3.8, 4) is 9.88 Å². The Bertz CT molecular complexity index is 950. The maximum atomic E-state index is 12.5. The molecule has 5 nitrogen and oxygen atoms in total. The molecule has 3 rings (SSSR count). The lowest BCUT2D eigenvalue weighted by atomic mass is 10.1. The van der Waals surface area contributed by atoms with E-state index in [-0.39, 0.29) is 18.2 Å². The summed E-state index contributed by atoms with van der Waals surface area (Å²) in [6.45, 7) is 0.488. The van der Waals surface area contributed by atoms with E-state index in [9.17, 15) is 9.59 Å². The lowest BCUT2D eigenvalue weighted by Gasteiger charge is -2.17. The van der Waals surface area contributed by atoms with Crippen molar-refractivity contribution in [1.29, 1.82) is 0 Å². The first-order valence-electron chi connectivity index (χ1n) is 8.20. The number of hydrogen-bond acceptors (Lipinski definition) is 5. The van der Waals surface area contributed by atoms with Gasteiger partial charge in [0.05, 0.1) is 17.0 Å². The summed E-state index contributed by atoms with van der Waals surface area (Å²) >= 11 is 6.62. The number of halogens is 1. The van der Waals surface area contributed by atoms with Gasteiger partial charge in [-0.05, 0) is 39.7 Å². The van der Waals surface area contributed by atoms with E-state index in [1.165, 1.54) is 0 Å². The quantitative estimate of drug-likeness (QED) is 0.595. The number of carbonyl (C=O) groups is 2. The van der Waals surface area contributed by atoms with Crippen molar-refractivity contribution in [2.45, 2.75) is 13.0 Å². The number of hydrogen-bond donors (Lipinski definition) is 1. The molecule has 0 fully saturated rings. The Hall–Kier alpha value is -2.03. The number of rotatable bonds is 6. The smallest absolute Gasteiger partial charge is 0.251 e. The van der Waals surface area contributed by atoms with Gasteiger partial charge in [0.1, 0.15) is 5.01 Å². The van der Waals surface area contributed by atoms with Gasteiger partial charge >= 0.3 is 0 Å². The molecule has 0 bridgehead atoms. The van der Waals surface area contributed by atoms with Crippen molar-refractivity contribution in [3.05, 3.63) is 62.4 Å². The third-order valence-corrected chi connectivity index (χ3v) is 6.70. The fraction of sp³-hybridized carbons (Fsp3) is 0.211. The topological polar surface area (TPSA) is 62.3 Å². The van der Waals surface area contributed by atoms with Crippen molar-refractivity contribution >= 4 is 50.4 Å². The Kier molecular flexibility index (Phi) is 6.41. The van der Waals surface area contributed by atoms with Crippen LogP contribution in [0.1, 0.15) is 21.6 Å². The summed E-state index contributed by atoms with van der Waals surface area (Å²) in [6, 6.07) is 9.29. The molecule has 1 N–H and O–H groups in total. The predicted octanol–water partition coefficient (Wildman–Crippen LogP) is 4.19. The molecular formula is C19H18BrN3O2S2. The lowest BCUT2D eigenvalue weighted by Crippen LogP contribution is -2.27. The first-order valence-corrected chi connectivity index (χ1v) is 10.8. The van der Waals surface area contributed by atoms with Gasteiger partial charge in [-0.3, -0.25) is 9.59 Å². The van der Waals surface area contributed by atoms with Gasteiger partial charge < -0.3 is 10.2 Å². The average molecular weight is 464 g/mol. The molecule has 8 heteroatoms. The maximum absolute atomic E-state index is 12.5. The number of nitrogens with one attached hydrogen (secondary N) is 1. The van der Waals surface area contributed by atoms with E-state index in [0.29, 0.717) is 12.1 Å². The normalized spacial score (nSPS) is 10.6. The van der Waals surface area contributed by atoms with Gasteiger partial charge in [-0.25, -0.2) is 4.98 Å². The molecule has 0 atom stereocenters. The minimum absolute atomic E-state index is 0.00888. The van der Waals surface area contributed by atoms with Crippen LogP contribution in [-0.4, -0.2) is 35.8 Å². The number of thiazole rings is 1.